The van der Waals surface area contributed by atoms with Crippen molar-refractivity contribution in [3.05, 3.63) is 24.3 Å². The molecule has 0 fully saturated rings. The highest BCUT2D eigenvalue weighted by Crippen LogP contribution is 1.81. The van der Waals surface area contributed by atoms with Crippen molar-refractivity contribution in [2.45, 2.75) is 0 Å². The van der Waals surface area contributed by atoms with Crippen molar-refractivity contribution in [2.24, 2.45) is 5.90 Å². The fraction of sp³-hybridized carbons (Fsp3) is 0.143. The third-order valence-electron chi connectivity index (χ3n) is 0.921. The smallest absolute Gasteiger partial charge is 0.204 e. The highest BCUT2D eigenvalue weighted by molar-refractivity contribution is 5.19. The average molecular weight is 149 g/mol. The Bertz CT molecular complexity index is 262. The van der Waals surface area contributed by atoms with Crippen LogP contribution in [0.15, 0.2) is 18.5 Å². The predicted octanol–water partition coefficient (Wildman–Crippen LogP) is -0.282. The van der Waals surface area contributed by atoms with Crippen molar-refractivity contribution in [3.8, 4) is 11.8 Å². The number of nitrogens with two attached hydrogens (primary N) is 1. The van der Waals surface area contributed by atoms with E-state index in [9.17, 15) is 0 Å². The van der Waals surface area contributed by atoms with E-state index < -0.39 is 0 Å². The molecule has 0 aliphatic heterocycles. The van der Waals surface area contributed by atoms with Gasteiger partial charge in [0.1, 0.15) is 6.61 Å². The molecule has 0 spiro atoms. The van der Waals surface area contributed by atoms with Crippen LogP contribution in [0.25, 0.3) is 0 Å². The van der Waals surface area contributed by atoms with Crippen molar-refractivity contribution in [3.63, 3.8) is 0 Å². The zero-order valence-corrected chi connectivity index (χ0v) is 5.82. The molecule has 0 saturated heterocycles. The van der Waals surface area contributed by atoms with Crippen LogP contribution in [0.4, 0.5) is 0 Å². The summed E-state index contributed by atoms with van der Waals surface area (Å²) in [6, 6.07) is 1.73. The third kappa shape index (κ3) is 2.76. The molecule has 0 amide bonds. The number of aromatic nitrogens is 2. The summed E-state index contributed by atoms with van der Waals surface area (Å²) in [5.41, 5.74) is 0. The molecule has 0 atom stereocenters. The van der Waals surface area contributed by atoms with Gasteiger partial charge in [-0.2, -0.15) is 0 Å². The molecule has 0 aliphatic carbocycles. The molecular weight excluding hydrogens is 142 g/mol. The molecule has 56 valence electrons. The van der Waals surface area contributed by atoms with Crippen LogP contribution in [0.3, 0.4) is 0 Å². The van der Waals surface area contributed by atoms with Gasteiger partial charge in [0.25, 0.3) is 0 Å². The minimum Gasteiger partial charge on any atom is -0.292 e. The van der Waals surface area contributed by atoms with Crippen LogP contribution in [-0.4, -0.2) is 16.6 Å². The summed E-state index contributed by atoms with van der Waals surface area (Å²) in [5.74, 6) is 10.5. The Kier molecular flexibility index (Phi) is 3.06. The molecule has 11 heavy (non-hydrogen) atoms. The van der Waals surface area contributed by atoms with E-state index in [1.54, 1.807) is 18.5 Å². The second kappa shape index (κ2) is 4.39. The maximum absolute atomic E-state index is 4.75. The van der Waals surface area contributed by atoms with Crippen LogP contribution in [0.5, 0.6) is 0 Å². The van der Waals surface area contributed by atoms with E-state index in [-0.39, 0.29) is 6.61 Å². The molecule has 1 aromatic rings. The van der Waals surface area contributed by atoms with Gasteiger partial charge in [-0.3, -0.25) is 4.84 Å². The summed E-state index contributed by atoms with van der Waals surface area (Å²) in [6.07, 6.45) is 3.25. The Balaban J connectivity index is 2.59. The average Bonchev–Trinajstić information content (AvgIpc) is 2.07. The van der Waals surface area contributed by atoms with Crippen molar-refractivity contribution in [1.29, 1.82) is 0 Å². The van der Waals surface area contributed by atoms with Gasteiger partial charge >= 0.3 is 0 Å². The first-order valence-corrected chi connectivity index (χ1v) is 3.01. The fourth-order valence-corrected chi connectivity index (χ4v) is 0.520. The molecular formula is C7H7N3O. The summed E-state index contributed by atoms with van der Waals surface area (Å²) in [6.45, 7) is 0.193. The van der Waals surface area contributed by atoms with Crippen LogP contribution < -0.4 is 5.90 Å². The number of nitrogens with zero attached hydrogens (tertiary/aromatic N) is 2. The molecule has 1 heterocycles. The molecule has 1 aromatic heterocycles. The fourth-order valence-electron chi connectivity index (χ4n) is 0.520. The zero-order chi connectivity index (χ0) is 7.94. The normalized spacial score (nSPS) is 8.45. The number of hydrogen-bond acceptors (Lipinski definition) is 4. The molecule has 0 aliphatic rings. The maximum Gasteiger partial charge on any atom is 0.204 e. The minimum absolute atomic E-state index is 0.193. The Hall–Kier alpha value is -1.44. The monoisotopic (exact) mass is 149 g/mol. The van der Waals surface area contributed by atoms with Crippen LogP contribution >= 0.6 is 0 Å². The minimum atomic E-state index is 0.193. The summed E-state index contributed by atoms with van der Waals surface area (Å²) in [4.78, 5) is 12.0. The first-order valence-electron chi connectivity index (χ1n) is 3.01. The van der Waals surface area contributed by atoms with Gasteiger partial charge in [-0.15, -0.1) is 0 Å². The molecule has 0 bridgehead atoms. The molecule has 4 nitrogen and oxygen atoms in total. The Morgan fingerprint density at radius 3 is 2.82 bits per heavy atom. The van der Waals surface area contributed by atoms with Crippen molar-refractivity contribution < 1.29 is 4.84 Å². The van der Waals surface area contributed by atoms with E-state index in [1.807, 2.05) is 0 Å². The van der Waals surface area contributed by atoms with Gasteiger partial charge in [0.05, 0.1) is 0 Å². The van der Waals surface area contributed by atoms with Crippen LogP contribution in [0.2, 0.25) is 0 Å². The van der Waals surface area contributed by atoms with E-state index in [4.69, 9.17) is 5.90 Å². The van der Waals surface area contributed by atoms with E-state index in [0.29, 0.717) is 5.82 Å². The van der Waals surface area contributed by atoms with Crippen LogP contribution in [0.1, 0.15) is 5.82 Å². The van der Waals surface area contributed by atoms with Gasteiger partial charge in [0.15, 0.2) is 0 Å². The van der Waals surface area contributed by atoms with Crippen LogP contribution in [0, 0.1) is 11.8 Å². The highest BCUT2D eigenvalue weighted by atomic mass is 16.6. The first kappa shape index (κ1) is 7.66. The van der Waals surface area contributed by atoms with E-state index in [2.05, 4.69) is 26.6 Å². The molecule has 4 heteroatoms. The maximum atomic E-state index is 4.75. The van der Waals surface area contributed by atoms with E-state index in [1.165, 1.54) is 0 Å². The summed E-state index contributed by atoms with van der Waals surface area (Å²) in [5, 5.41) is 0. The molecule has 0 aromatic carbocycles. The second-order valence-electron chi connectivity index (χ2n) is 1.69. The lowest BCUT2D eigenvalue weighted by Crippen LogP contribution is -1.97. The lowest BCUT2D eigenvalue weighted by molar-refractivity contribution is 0.173. The molecule has 1 rings (SSSR count). The lowest BCUT2D eigenvalue weighted by Gasteiger charge is -1.84. The van der Waals surface area contributed by atoms with Crippen molar-refractivity contribution in [1.82, 2.24) is 9.97 Å². The first-order chi connectivity index (χ1) is 5.43. The molecule has 0 saturated carbocycles. The number of rotatable bonds is 1. The van der Waals surface area contributed by atoms with E-state index >= 15 is 0 Å². The van der Waals surface area contributed by atoms with Gasteiger partial charge in [0.2, 0.25) is 5.82 Å². The summed E-state index contributed by atoms with van der Waals surface area (Å²) in [7, 11) is 0. The largest absolute Gasteiger partial charge is 0.292 e. The zero-order valence-electron chi connectivity index (χ0n) is 5.82. The highest BCUT2D eigenvalue weighted by Gasteiger charge is 1.82. The van der Waals surface area contributed by atoms with Crippen molar-refractivity contribution in [2.75, 3.05) is 6.61 Å². The third-order valence-corrected chi connectivity index (χ3v) is 0.921. The number of hydrogen-bond donors (Lipinski definition) is 1. The van der Waals surface area contributed by atoms with Crippen LogP contribution in [-0.2, 0) is 4.84 Å². The molecule has 2 N–H and O–H groups in total. The summed E-state index contributed by atoms with van der Waals surface area (Å²) < 4.78 is 0. The van der Waals surface area contributed by atoms with Gasteiger partial charge in [-0.1, -0.05) is 5.92 Å². The molecule has 0 unspecified atom stereocenters. The quantitative estimate of drug-likeness (QED) is 0.440. The van der Waals surface area contributed by atoms with Gasteiger partial charge in [-0.25, -0.2) is 15.9 Å². The molecule has 0 radical (unpaired) electrons. The Morgan fingerprint density at radius 1 is 1.45 bits per heavy atom. The van der Waals surface area contributed by atoms with E-state index in [0.717, 1.165) is 0 Å². The Labute approximate surface area is 64.4 Å². The Morgan fingerprint density at radius 2 is 2.18 bits per heavy atom. The van der Waals surface area contributed by atoms with Gasteiger partial charge in [0, 0.05) is 12.4 Å². The topological polar surface area (TPSA) is 61.0 Å². The SMILES string of the molecule is NOCC#Cc1ncccn1. The lowest BCUT2D eigenvalue weighted by atomic mass is 10.5. The standard InChI is InChI=1S/C7H7N3O/c8-11-6-1-3-7-9-4-2-5-10-7/h2,4-5H,6,8H2. The van der Waals surface area contributed by atoms with Gasteiger partial charge < -0.3 is 0 Å². The second-order valence-corrected chi connectivity index (χ2v) is 1.69. The van der Waals surface area contributed by atoms with Gasteiger partial charge in [-0.05, 0) is 12.0 Å². The van der Waals surface area contributed by atoms with Crippen molar-refractivity contribution >= 4 is 0 Å². The predicted molar refractivity (Wildman–Crippen MR) is 39.0 cm³/mol. The summed E-state index contributed by atoms with van der Waals surface area (Å²) >= 11 is 0.